The number of fused-ring (bicyclic) bond motifs is 1. The average Bonchev–Trinajstić information content (AvgIpc) is 2.50. The smallest absolute Gasteiger partial charge is 0.224 e. The van der Waals surface area contributed by atoms with Crippen LogP contribution in [0.15, 0.2) is 42.5 Å². The van der Waals surface area contributed by atoms with Gasteiger partial charge in [-0.25, -0.2) is 4.39 Å². The first kappa shape index (κ1) is 13.8. The molecule has 1 atom stereocenters. The van der Waals surface area contributed by atoms with Gasteiger partial charge in [-0.1, -0.05) is 24.3 Å². The molecule has 1 aliphatic heterocycles. The van der Waals surface area contributed by atoms with Crippen LogP contribution in [0.4, 0.5) is 10.1 Å². The van der Waals surface area contributed by atoms with E-state index >= 15 is 0 Å². The molecule has 0 spiro atoms. The fourth-order valence-electron chi connectivity index (χ4n) is 2.76. The Balaban J connectivity index is 1.94. The largest absolute Gasteiger partial charge is 0.326 e. The normalized spacial score (nSPS) is 15.2. The molecule has 108 valence electrons. The molecule has 1 amide bonds. The van der Waals surface area contributed by atoms with Crippen molar-refractivity contribution in [3.63, 3.8) is 0 Å². The van der Waals surface area contributed by atoms with Crippen molar-refractivity contribution in [2.75, 3.05) is 12.4 Å². The van der Waals surface area contributed by atoms with Crippen LogP contribution in [0.5, 0.6) is 0 Å². The summed E-state index contributed by atoms with van der Waals surface area (Å²) < 4.78 is 13.1. The average molecular weight is 284 g/mol. The van der Waals surface area contributed by atoms with Crippen molar-refractivity contribution in [2.24, 2.45) is 0 Å². The van der Waals surface area contributed by atoms with E-state index in [4.69, 9.17) is 0 Å². The number of carbonyl (C=O) groups is 1. The zero-order chi connectivity index (χ0) is 14.8. The van der Waals surface area contributed by atoms with Gasteiger partial charge in [-0.3, -0.25) is 4.79 Å². The summed E-state index contributed by atoms with van der Waals surface area (Å²) in [6, 6.07) is 12.6. The number of halogens is 1. The molecule has 2 aromatic carbocycles. The van der Waals surface area contributed by atoms with E-state index in [2.05, 4.69) is 16.7 Å². The fraction of sp³-hybridized carbons (Fsp3) is 0.235. The zero-order valence-electron chi connectivity index (χ0n) is 11.8. The number of aryl methyl sites for hydroxylation is 1. The molecule has 0 aromatic heterocycles. The summed E-state index contributed by atoms with van der Waals surface area (Å²) in [4.78, 5) is 11.4. The summed E-state index contributed by atoms with van der Waals surface area (Å²) >= 11 is 0. The lowest BCUT2D eigenvalue weighted by molar-refractivity contribution is -0.116. The Bertz CT molecular complexity index is 667. The summed E-state index contributed by atoms with van der Waals surface area (Å²) in [5.41, 5.74) is 4.16. The molecule has 2 aromatic rings. The second-order valence-corrected chi connectivity index (χ2v) is 5.24. The van der Waals surface area contributed by atoms with Gasteiger partial charge in [0, 0.05) is 12.1 Å². The molecule has 0 fully saturated rings. The van der Waals surface area contributed by atoms with Crippen LogP contribution < -0.4 is 10.6 Å². The third-order valence-electron chi connectivity index (χ3n) is 3.85. The minimum absolute atomic E-state index is 0.00790. The van der Waals surface area contributed by atoms with Gasteiger partial charge in [-0.2, -0.15) is 0 Å². The lowest BCUT2D eigenvalue weighted by atomic mass is 9.94. The highest BCUT2D eigenvalue weighted by Crippen LogP contribution is 2.29. The maximum absolute atomic E-state index is 13.1. The Kier molecular flexibility index (Phi) is 3.71. The molecule has 4 heteroatoms. The van der Waals surface area contributed by atoms with Crippen LogP contribution in [0.1, 0.15) is 29.2 Å². The van der Waals surface area contributed by atoms with Crippen molar-refractivity contribution in [2.45, 2.75) is 18.9 Å². The summed E-state index contributed by atoms with van der Waals surface area (Å²) in [7, 11) is 1.88. The van der Waals surface area contributed by atoms with Gasteiger partial charge >= 0.3 is 0 Å². The van der Waals surface area contributed by atoms with Gasteiger partial charge in [0.25, 0.3) is 0 Å². The van der Waals surface area contributed by atoms with Gasteiger partial charge in [-0.05, 0) is 48.4 Å². The van der Waals surface area contributed by atoms with Crippen molar-refractivity contribution in [1.29, 1.82) is 0 Å². The first-order valence-corrected chi connectivity index (χ1v) is 7.03. The Morgan fingerprint density at radius 3 is 2.52 bits per heavy atom. The first-order chi connectivity index (χ1) is 10.2. The molecular weight excluding hydrogens is 267 g/mol. The highest BCUT2D eigenvalue weighted by Gasteiger charge is 2.18. The van der Waals surface area contributed by atoms with Crippen LogP contribution in [0.25, 0.3) is 0 Å². The van der Waals surface area contributed by atoms with Crippen LogP contribution in [-0.2, 0) is 11.2 Å². The second kappa shape index (κ2) is 5.66. The third-order valence-corrected chi connectivity index (χ3v) is 3.85. The number of carbonyl (C=O) groups excluding carboxylic acids is 1. The summed E-state index contributed by atoms with van der Waals surface area (Å²) in [5, 5.41) is 6.14. The monoisotopic (exact) mass is 284 g/mol. The van der Waals surface area contributed by atoms with Crippen LogP contribution in [0.3, 0.4) is 0 Å². The number of nitrogens with one attached hydrogen (secondary N) is 2. The van der Waals surface area contributed by atoms with Gasteiger partial charge in [0.1, 0.15) is 5.82 Å². The topological polar surface area (TPSA) is 41.1 Å². The highest BCUT2D eigenvalue weighted by atomic mass is 19.1. The van der Waals surface area contributed by atoms with Gasteiger partial charge in [-0.15, -0.1) is 0 Å². The van der Waals surface area contributed by atoms with E-state index in [-0.39, 0.29) is 17.8 Å². The summed E-state index contributed by atoms with van der Waals surface area (Å²) in [6.45, 7) is 0. The predicted octanol–water partition coefficient (Wildman–Crippen LogP) is 3.02. The van der Waals surface area contributed by atoms with Crippen molar-refractivity contribution in [3.8, 4) is 0 Å². The van der Waals surface area contributed by atoms with Gasteiger partial charge < -0.3 is 10.6 Å². The molecule has 0 bridgehead atoms. The van der Waals surface area contributed by atoms with E-state index in [9.17, 15) is 9.18 Å². The lowest BCUT2D eigenvalue weighted by Gasteiger charge is -2.22. The Hall–Kier alpha value is -2.20. The minimum Gasteiger partial charge on any atom is -0.326 e. The van der Waals surface area contributed by atoms with Gasteiger partial charge in [0.2, 0.25) is 5.91 Å². The van der Waals surface area contributed by atoms with E-state index in [1.54, 1.807) is 12.1 Å². The molecule has 2 N–H and O–H groups in total. The maximum Gasteiger partial charge on any atom is 0.224 e. The number of hydrogen-bond acceptors (Lipinski definition) is 2. The van der Waals surface area contributed by atoms with Crippen molar-refractivity contribution >= 4 is 11.6 Å². The number of benzene rings is 2. The SMILES string of the molecule is CNC(c1ccc(F)cc1)c1ccc2c(c1)CCC(=O)N2. The van der Waals surface area contributed by atoms with Crippen molar-refractivity contribution in [1.82, 2.24) is 5.32 Å². The standard InChI is InChI=1S/C17H17FN2O/c1-19-17(11-2-6-14(18)7-3-11)13-4-8-15-12(10-13)5-9-16(21)20-15/h2-4,6-8,10,17,19H,5,9H2,1H3,(H,20,21). The zero-order valence-corrected chi connectivity index (χ0v) is 11.8. The number of rotatable bonds is 3. The number of hydrogen-bond donors (Lipinski definition) is 2. The maximum atomic E-state index is 13.1. The molecule has 3 nitrogen and oxygen atoms in total. The van der Waals surface area contributed by atoms with Gasteiger partial charge in [0.05, 0.1) is 6.04 Å². The second-order valence-electron chi connectivity index (χ2n) is 5.24. The summed E-state index contributed by atoms with van der Waals surface area (Å²) in [6.07, 6.45) is 1.28. The van der Waals surface area contributed by atoms with E-state index in [0.29, 0.717) is 6.42 Å². The number of anilines is 1. The molecule has 3 rings (SSSR count). The van der Waals surface area contributed by atoms with E-state index < -0.39 is 0 Å². The molecular formula is C17H17FN2O. The van der Waals surface area contributed by atoms with E-state index in [1.165, 1.54) is 12.1 Å². The fourth-order valence-corrected chi connectivity index (χ4v) is 2.76. The molecule has 0 radical (unpaired) electrons. The van der Waals surface area contributed by atoms with E-state index in [1.807, 2.05) is 19.2 Å². The van der Waals surface area contributed by atoms with Crippen LogP contribution in [0, 0.1) is 5.82 Å². The first-order valence-electron chi connectivity index (χ1n) is 7.03. The third kappa shape index (κ3) is 2.81. The quantitative estimate of drug-likeness (QED) is 0.909. The Morgan fingerprint density at radius 2 is 1.81 bits per heavy atom. The molecule has 0 saturated carbocycles. The lowest BCUT2D eigenvalue weighted by Crippen LogP contribution is -2.21. The minimum atomic E-state index is -0.234. The van der Waals surface area contributed by atoms with Gasteiger partial charge in [0.15, 0.2) is 0 Å². The van der Waals surface area contributed by atoms with Crippen LogP contribution in [-0.4, -0.2) is 13.0 Å². The Labute approximate surface area is 123 Å². The van der Waals surface area contributed by atoms with Crippen molar-refractivity contribution < 1.29 is 9.18 Å². The highest BCUT2D eigenvalue weighted by molar-refractivity contribution is 5.93. The van der Waals surface area contributed by atoms with Crippen LogP contribution >= 0.6 is 0 Å². The molecule has 1 unspecified atom stereocenters. The molecule has 0 aliphatic carbocycles. The van der Waals surface area contributed by atoms with Crippen LogP contribution in [0.2, 0.25) is 0 Å². The predicted molar refractivity (Wildman–Crippen MR) is 80.7 cm³/mol. The van der Waals surface area contributed by atoms with Crippen molar-refractivity contribution in [3.05, 3.63) is 65.0 Å². The number of amides is 1. The molecule has 0 saturated heterocycles. The molecule has 1 aliphatic rings. The van der Waals surface area contributed by atoms with E-state index in [0.717, 1.165) is 28.8 Å². The molecule has 21 heavy (non-hydrogen) atoms. The summed E-state index contributed by atoms with van der Waals surface area (Å²) in [5.74, 6) is -0.166. The Morgan fingerprint density at radius 1 is 1.10 bits per heavy atom. The molecule has 1 heterocycles.